The maximum Gasteiger partial charge on any atom is 0.266 e. The molecule has 0 unspecified atom stereocenters. The van der Waals surface area contributed by atoms with Crippen molar-refractivity contribution in [3.05, 3.63) is 107 Å². The zero-order chi connectivity index (χ0) is 27.1. The van der Waals surface area contributed by atoms with E-state index in [4.69, 9.17) is 4.99 Å². The number of H-pyrrole nitrogens is 1. The molecular formula is C33H32N4OS. The number of carbonyl (C=O) groups is 1. The van der Waals surface area contributed by atoms with Gasteiger partial charge < -0.3 is 9.88 Å². The van der Waals surface area contributed by atoms with Crippen LogP contribution in [0.25, 0.3) is 22.6 Å². The lowest BCUT2D eigenvalue weighted by Gasteiger charge is -2.40. The number of hydrogen-bond acceptors (Lipinski definition) is 4. The number of hydrogen-bond donors (Lipinski definition) is 1. The van der Waals surface area contributed by atoms with Gasteiger partial charge in [-0.05, 0) is 92.1 Å². The van der Waals surface area contributed by atoms with Crippen LogP contribution in [0.2, 0.25) is 0 Å². The number of amides is 1. The molecule has 4 aromatic rings. The standard InChI is InChI=1S/C33H32N4OS/c1-22-20-33(2,3)36(4)29-15-14-23(18-27(22)29)19-30-31(38)37(32(39-30)35-25-10-6-5-7-11-25)17-16-24-21-34-28-13-9-8-12-26(24)28/h5-15,18-21,34H,16-17H2,1-4H3/b30-19+,35-32?. The van der Waals surface area contributed by atoms with Gasteiger partial charge in [-0.3, -0.25) is 9.69 Å². The molecule has 2 aliphatic heterocycles. The number of nitrogens with zero attached hydrogens (tertiary/aromatic N) is 3. The summed E-state index contributed by atoms with van der Waals surface area (Å²) in [6.45, 7) is 7.17. The lowest BCUT2D eigenvalue weighted by atomic mass is 9.88. The lowest BCUT2D eigenvalue weighted by molar-refractivity contribution is -0.122. The molecule has 5 nitrogen and oxygen atoms in total. The van der Waals surface area contributed by atoms with Crippen molar-refractivity contribution in [1.82, 2.24) is 9.88 Å². The highest BCUT2D eigenvalue weighted by molar-refractivity contribution is 8.18. The van der Waals surface area contributed by atoms with Crippen molar-refractivity contribution in [2.24, 2.45) is 4.99 Å². The third-order valence-corrected chi connectivity index (χ3v) is 8.69. The first kappa shape index (κ1) is 25.3. The number of aliphatic imine (C=N–C) groups is 1. The van der Waals surface area contributed by atoms with Crippen molar-refractivity contribution in [2.45, 2.75) is 32.7 Å². The fraction of sp³-hybridized carbons (Fsp3) is 0.212. The summed E-state index contributed by atoms with van der Waals surface area (Å²) in [6.07, 6.45) is 7.10. The molecule has 39 heavy (non-hydrogen) atoms. The van der Waals surface area contributed by atoms with E-state index in [1.54, 1.807) is 0 Å². The molecule has 3 heterocycles. The number of thioether (sulfide) groups is 1. The first-order chi connectivity index (χ1) is 18.8. The molecular weight excluding hydrogens is 500 g/mol. The fourth-order valence-electron chi connectivity index (χ4n) is 5.39. The molecule has 2 aliphatic rings. The van der Waals surface area contributed by atoms with Crippen LogP contribution < -0.4 is 4.90 Å². The van der Waals surface area contributed by atoms with Crippen LogP contribution in [0.3, 0.4) is 0 Å². The minimum atomic E-state index is -0.0393. The Bertz CT molecular complexity index is 1660. The van der Waals surface area contributed by atoms with E-state index in [-0.39, 0.29) is 11.4 Å². The maximum absolute atomic E-state index is 13.8. The molecule has 1 aromatic heterocycles. The van der Waals surface area contributed by atoms with E-state index in [0.29, 0.717) is 16.6 Å². The number of aromatic nitrogens is 1. The van der Waals surface area contributed by atoms with E-state index >= 15 is 0 Å². The fourth-order valence-corrected chi connectivity index (χ4v) is 6.41. The number of amidine groups is 1. The van der Waals surface area contributed by atoms with Crippen molar-refractivity contribution >= 4 is 56.8 Å². The summed E-state index contributed by atoms with van der Waals surface area (Å²) >= 11 is 1.45. The molecule has 0 bridgehead atoms. The maximum atomic E-state index is 13.8. The summed E-state index contributed by atoms with van der Waals surface area (Å²) in [5.74, 6) is -0.00208. The Labute approximate surface area is 233 Å². The zero-order valence-corrected chi connectivity index (χ0v) is 23.5. The van der Waals surface area contributed by atoms with Crippen LogP contribution in [-0.2, 0) is 11.2 Å². The second kappa shape index (κ2) is 9.93. The Morgan fingerprint density at radius 1 is 1.03 bits per heavy atom. The summed E-state index contributed by atoms with van der Waals surface area (Å²) in [5, 5.41) is 1.91. The number of likely N-dealkylation sites (N-methyl/N-ethyl adjacent to an activating group) is 1. The summed E-state index contributed by atoms with van der Waals surface area (Å²) in [6, 6.07) is 24.6. The Hall–Kier alpha value is -4.03. The second-order valence-electron chi connectivity index (χ2n) is 10.7. The van der Waals surface area contributed by atoms with Crippen molar-refractivity contribution in [3.8, 4) is 0 Å². The van der Waals surface area contributed by atoms with Gasteiger partial charge >= 0.3 is 0 Å². The average Bonchev–Trinajstić information content (AvgIpc) is 3.47. The number of carbonyl (C=O) groups excluding carboxylic acids is 1. The Morgan fingerprint density at radius 3 is 2.62 bits per heavy atom. The first-order valence-corrected chi connectivity index (χ1v) is 14.1. The Kier molecular flexibility index (Phi) is 6.43. The minimum absolute atomic E-state index is 0.00208. The average molecular weight is 533 g/mol. The van der Waals surface area contributed by atoms with Gasteiger partial charge in [0.2, 0.25) is 0 Å². The van der Waals surface area contributed by atoms with E-state index in [9.17, 15) is 4.79 Å². The van der Waals surface area contributed by atoms with Gasteiger partial charge in [0.05, 0.1) is 16.1 Å². The summed E-state index contributed by atoms with van der Waals surface area (Å²) in [5.41, 5.74) is 7.79. The molecule has 6 rings (SSSR count). The van der Waals surface area contributed by atoms with Gasteiger partial charge in [-0.25, -0.2) is 4.99 Å². The van der Waals surface area contributed by atoms with Crippen LogP contribution in [0.4, 0.5) is 11.4 Å². The number of nitrogens with one attached hydrogen (secondary N) is 1. The Balaban J connectivity index is 1.32. The van der Waals surface area contributed by atoms with Crippen LogP contribution in [0.15, 0.2) is 95.0 Å². The molecule has 0 aliphatic carbocycles. The van der Waals surface area contributed by atoms with Gasteiger partial charge in [-0.2, -0.15) is 0 Å². The van der Waals surface area contributed by atoms with Gasteiger partial charge in [0.1, 0.15) is 0 Å². The highest BCUT2D eigenvalue weighted by Gasteiger charge is 2.34. The van der Waals surface area contributed by atoms with Gasteiger partial charge in [0.15, 0.2) is 5.17 Å². The monoisotopic (exact) mass is 532 g/mol. The molecule has 6 heteroatoms. The van der Waals surface area contributed by atoms with Gasteiger partial charge in [-0.15, -0.1) is 0 Å². The largest absolute Gasteiger partial charge is 0.366 e. The summed E-state index contributed by atoms with van der Waals surface area (Å²) in [4.78, 5) is 26.8. The third-order valence-electron chi connectivity index (χ3n) is 7.69. The van der Waals surface area contributed by atoms with Crippen molar-refractivity contribution < 1.29 is 4.79 Å². The van der Waals surface area contributed by atoms with Crippen LogP contribution >= 0.6 is 11.8 Å². The number of aromatic amines is 1. The van der Waals surface area contributed by atoms with Gasteiger partial charge in [0, 0.05) is 41.9 Å². The van der Waals surface area contributed by atoms with Crippen LogP contribution in [0, 0.1) is 0 Å². The van der Waals surface area contributed by atoms with E-state index in [1.165, 1.54) is 39.5 Å². The molecule has 0 saturated carbocycles. The normalized spacial score (nSPS) is 18.8. The number of para-hydroxylation sites is 2. The smallest absolute Gasteiger partial charge is 0.266 e. The summed E-state index contributed by atoms with van der Waals surface area (Å²) < 4.78 is 0. The quantitative estimate of drug-likeness (QED) is 0.269. The number of fused-ring (bicyclic) bond motifs is 2. The number of anilines is 1. The number of benzene rings is 3. The molecule has 0 spiro atoms. The SMILES string of the molecule is CC1=CC(C)(C)N(C)c2ccc(/C=C3/SC(=Nc4ccccc4)N(CCc4c[nH]c5ccccc45)C3=O)cc21. The van der Waals surface area contributed by atoms with Crippen LogP contribution in [0.5, 0.6) is 0 Å². The summed E-state index contributed by atoms with van der Waals surface area (Å²) in [7, 11) is 2.13. The molecule has 1 amide bonds. The first-order valence-electron chi connectivity index (χ1n) is 13.3. The lowest BCUT2D eigenvalue weighted by Crippen LogP contribution is -2.42. The minimum Gasteiger partial charge on any atom is -0.366 e. The van der Waals surface area contributed by atoms with Crippen molar-refractivity contribution in [2.75, 3.05) is 18.5 Å². The van der Waals surface area contributed by atoms with Gasteiger partial charge in [0.25, 0.3) is 5.91 Å². The Morgan fingerprint density at radius 2 is 1.79 bits per heavy atom. The second-order valence-corrected chi connectivity index (χ2v) is 11.7. The predicted octanol–water partition coefficient (Wildman–Crippen LogP) is 7.65. The van der Waals surface area contributed by atoms with E-state index in [1.807, 2.05) is 59.6 Å². The van der Waals surface area contributed by atoms with E-state index in [0.717, 1.165) is 23.2 Å². The molecule has 0 radical (unpaired) electrons. The molecule has 3 aromatic carbocycles. The third kappa shape index (κ3) is 4.81. The highest BCUT2D eigenvalue weighted by Crippen LogP contribution is 2.40. The van der Waals surface area contributed by atoms with Crippen LogP contribution in [-0.4, -0.2) is 40.1 Å². The molecule has 1 fully saturated rings. The molecule has 1 N–H and O–H groups in total. The topological polar surface area (TPSA) is 51.7 Å². The number of allylic oxidation sites excluding steroid dienone is 1. The van der Waals surface area contributed by atoms with E-state index in [2.05, 4.69) is 74.1 Å². The van der Waals surface area contributed by atoms with Gasteiger partial charge in [-0.1, -0.05) is 48.5 Å². The van der Waals surface area contributed by atoms with Crippen molar-refractivity contribution in [3.63, 3.8) is 0 Å². The molecule has 1 saturated heterocycles. The van der Waals surface area contributed by atoms with Crippen molar-refractivity contribution in [1.29, 1.82) is 0 Å². The molecule has 0 atom stereocenters. The molecule has 196 valence electrons. The highest BCUT2D eigenvalue weighted by atomic mass is 32.2. The predicted molar refractivity (Wildman–Crippen MR) is 165 cm³/mol. The zero-order valence-electron chi connectivity index (χ0n) is 22.7. The number of rotatable bonds is 5. The van der Waals surface area contributed by atoms with Crippen LogP contribution in [0.1, 0.15) is 37.5 Å². The van der Waals surface area contributed by atoms with E-state index < -0.39 is 0 Å².